The molecule has 0 spiro atoms. The van der Waals surface area contributed by atoms with Crippen molar-refractivity contribution in [3.05, 3.63) is 52.0 Å². The number of benzene rings is 2. The summed E-state index contributed by atoms with van der Waals surface area (Å²) in [6.07, 6.45) is 0. The highest BCUT2D eigenvalue weighted by Crippen LogP contribution is 2.33. The van der Waals surface area contributed by atoms with Crippen LogP contribution in [0.2, 0.25) is 5.02 Å². The fourth-order valence-electron chi connectivity index (χ4n) is 1.95. The Morgan fingerprint density at radius 3 is 2.50 bits per heavy atom. The van der Waals surface area contributed by atoms with E-state index in [4.69, 9.17) is 21.6 Å². The molecule has 0 heterocycles. The van der Waals surface area contributed by atoms with Gasteiger partial charge in [-0.25, -0.2) is 0 Å². The van der Waals surface area contributed by atoms with Crippen LogP contribution < -0.4 is 10.1 Å². The van der Waals surface area contributed by atoms with Gasteiger partial charge in [0.05, 0.1) is 24.4 Å². The summed E-state index contributed by atoms with van der Waals surface area (Å²) < 4.78 is 5.33. The molecule has 102 valence electrons. The molecule has 0 fully saturated rings. The van der Waals surface area contributed by atoms with E-state index in [1.165, 1.54) is 0 Å². The Bertz CT molecular complexity index is 690. The molecule has 0 aliphatic rings. The lowest BCUT2D eigenvalue weighted by Crippen LogP contribution is -1.96. The number of nitriles is 1. The number of nitrogens with zero attached hydrogens (tertiary/aromatic N) is 1. The van der Waals surface area contributed by atoms with Crippen molar-refractivity contribution >= 4 is 23.0 Å². The first kappa shape index (κ1) is 14.2. The van der Waals surface area contributed by atoms with E-state index in [0.717, 1.165) is 22.5 Å². The van der Waals surface area contributed by atoms with Crippen molar-refractivity contribution in [2.45, 2.75) is 13.8 Å². The monoisotopic (exact) mass is 286 g/mol. The molecule has 0 aromatic heterocycles. The number of nitrogens with one attached hydrogen (secondary N) is 1. The molecule has 3 nitrogen and oxygen atoms in total. The summed E-state index contributed by atoms with van der Waals surface area (Å²) in [4.78, 5) is 0. The Hall–Kier alpha value is -2.18. The van der Waals surface area contributed by atoms with Gasteiger partial charge in [0, 0.05) is 16.8 Å². The smallest absolute Gasteiger partial charge is 0.143 e. The van der Waals surface area contributed by atoms with Crippen molar-refractivity contribution in [1.82, 2.24) is 0 Å². The topological polar surface area (TPSA) is 45.0 Å². The molecule has 0 radical (unpaired) electrons. The highest BCUT2D eigenvalue weighted by molar-refractivity contribution is 6.31. The molecule has 0 aliphatic carbocycles. The van der Waals surface area contributed by atoms with Gasteiger partial charge >= 0.3 is 0 Å². The number of aryl methyl sites for hydroxylation is 2. The molecular formula is C16H15ClN2O. The van der Waals surface area contributed by atoms with Gasteiger partial charge in [-0.15, -0.1) is 0 Å². The van der Waals surface area contributed by atoms with Crippen molar-refractivity contribution in [1.29, 1.82) is 5.26 Å². The minimum Gasteiger partial charge on any atom is -0.495 e. The fourth-order valence-corrected chi connectivity index (χ4v) is 2.11. The number of anilines is 2. The molecule has 2 aromatic rings. The molecule has 2 rings (SSSR count). The molecular weight excluding hydrogens is 272 g/mol. The third-order valence-electron chi connectivity index (χ3n) is 3.11. The second-order valence-corrected chi connectivity index (χ2v) is 4.98. The molecule has 0 aliphatic heterocycles. The van der Waals surface area contributed by atoms with E-state index >= 15 is 0 Å². The molecule has 1 N–H and O–H groups in total. The van der Waals surface area contributed by atoms with Crippen LogP contribution in [0.1, 0.15) is 16.7 Å². The summed E-state index contributed by atoms with van der Waals surface area (Å²) in [5.41, 5.74) is 4.33. The summed E-state index contributed by atoms with van der Waals surface area (Å²) in [5, 5.41) is 12.9. The molecule has 0 amide bonds. The van der Waals surface area contributed by atoms with Crippen LogP contribution in [0.5, 0.6) is 5.75 Å². The van der Waals surface area contributed by atoms with Gasteiger partial charge in [-0.2, -0.15) is 5.26 Å². The SMILES string of the molecule is COc1cc(Cl)c(C)cc1Nc1ccc(C#N)c(C)c1. The van der Waals surface area contributed by atoms with Crippen LogP contribution in [0, 0.1) is 25.2 Å². The minimum atomic E-state index is 0.670. The van der Waals surface area contributed by atoms with Gasteiger partial charge in [0.25, 0.3) is 0 Å². The molecule has 0 unspecified atom stereocenters. The van der Waals surface area contributed by atoms with Crippen molar-refractivity contribution in [3.63, 3.8) is 0 Å². The van der Waals surface area contributed by atoms with Gasteiger partial charge in [0.2, 0.25) is 0 Å². The van der Waals surface area contributed by atoms with Crippen molar-refractivity contribution in [2.24, 2.45) is 0 Å². The molecule has 0 saturated carbocycles. The predicted molar refractivity (Wildman–Crippen MR) is 81.9 cm³/mol. The van der Waals surface area contributed by atoms with Crippen molar-refractivity contribution in [3.8, 4) is 11.8 Å². The fraction of sp³-hybridized carbons (Fsp3) is 0.188. The van der Waals surface area contributed by atoms with Crippen LogP contribution in [0.4, 0.5) is 11.4 Å². The van der Waals surface area contributed by atoms with Gasteiger partial charge < -0.3 is 10.1 Å². The largest absolute Gasteiger partial charge is 0.495 e. The molecule has 0 atom stereocenters. The third-order valence-corrected chi connectivity index (χ3v) is 3.51. The Morgan fingerprint density at radius 2 is 1.90 bits per heavy atom. The third kappa shape index (κ3) is 2.87. The van der Waals surface area contributed by atoms with E-state index in [1.54, 1.807) is 19.2 Å². The number of ether oxygens (including phenoxy) is 1. The van der Waals surface area contributed by atoms with E-state index in [0.29, 0.717) is 16.3 Å². The highest BCUT2D eigenvalue weighted by atomic mass is 35.5. The maximum atomic E-state index is 8.94. The second-order valence-electron chi connectivity index (χ2n) is 4.57. The Morgan fingerprint density at radius 1 is 1.15 bits per heavy atom. The van der Waals surface area contributed by atoms with E-state index in [9.17, 15) is 0 Å². The molecule has 2 aromatic carbocycles. The lowest BCUT2D eigenvalue weighted by Gasteiger charge is -2.13. The zero-order chi connectivity index (χ0) is 14.7. The Kier molecular flexibility index (Phi) is 4.16. The van der Waals surface area contributed by atoms with Gasteiger partial charge in [-0.3, -0.25) is 0 Å². The molecule has 20 heavy (non-hydrogen) atoms. The summed E-state index contributed by atoms with van der Waals surface area (Å²) in [6.45, 7) is 3.85. The average molecular weight is 287 g/mol. The lowest BCUT2D eigenvalue weighted by atomic mass is 10.1. The van der Waals surface area contributed by atoms with Crippen LogP contribution in [0.25, 0.3) is 0 Å². The number of hydrogen-bond acceptors (Lipinski definition) is 3. The number of methoxy groups -OCH3 is 1. The zero-order valence-electron chi connectivity index (χ0n) is 11.6. The predicted octanol–water partition coefficient (Wildman–Crippen LogP) is 4.58. The molecule has 0 bridgehead atoms. The van der Waals surface area contributed by atoms with E-state index in [-0.39, 0.29) is 0 Å². The van der Waals surface area contributed by atoms with Crippen LogP contribution >= 0.6 is 11.6 Å². The summed E-state index contributed by atoms with van der Waals surface area (Å²) in [6, 6.07) is 11.5. The second kappa shape index (κ2) is 5.85. The van der Waals surface area contributed by atoms with E-state index in [1.807, 2.05) is 32.0 Å². The van der Waals surface area contributed by atoms with Crippen LogP contribution in [-0.4, -0.2) is 7.11 Å². The lowest BCUT2D eigenvalue weighted by molar-refractivity contribution is 0.417. The zero-order valence-corrected chi connectivity index (χ0v) is 12.4. The van der Waals surface area contributed by atoms with Crippen molar-refractivity contribution < 1.29 is 4.74 Å². The van der Waals surface area contributed by atoms with Gasteiger partial charge in [-0.1, -0.05) is 11.6 Å². The Labute approximate surface area is 123 Å². The van der Waals surface area contributed by atoms with Crippen molar-refractivity contribution in [2.75, 3.05) is 12.4 Å². The first-order chi connectivity index (χ1) is 9.55. The normalized spacial score (nSPS) is 9.95. The quantitative estimate of drug-likeness (QED) is 0.898. The Balaban J connectivity index is 2.37. The first-order valence-electron chi connectivity index (χ1n) is 6.17. The summed E-state index contributed by atoms with van der Waals surface area (Å²) in [5.74, 6) is 0.683. The molecule has 4 heteroatoms. The maximum absolute atomic E-state index is 8.94. The van der Waals surface area contributed by atoms with E-state index in [2.05, 4.69) is 11.4 Å². The standard InChI is InChI=1S/C16H15ClN2O/c1-10-6-13(5-4-12(10)9-18)19-15-7-11(2)14(17)8-16(15)20-3/h4-8,19H,1-3H3. The minimum absolute atomic E-state index is 0.670. The number of rotatable bonds is 3. The van der Waals surface area contributed by atoms with Gasteiger partial charge in [-0.05, 0) is 49.2 Å². The summed E-state index contributed by atoms with van der Waals surface area (Å²) in [7, 11) is 1.61. The first-order valence-corrected chi connectivity index (χ1v) is 6.55. The maximum Gasteiger partial charge on any atom is 0.143 e. The summed E-state index contributed by atoms with van der Waals surface area (Å²) >= 11 is 6.09. The number of halogens is 1. The number of hydrogen-bond donors (Lipinski definition) is 1. The highest BCUT2D eigenvalue weighted by Gasteiger charge is 2.08. The molecule has 0 saturated heterocycles. The van der Waals surface area contributed by atoms with Crippen LogP contribution in [0.3, 0.4) is 0 Å². The van der Waals surface area contributed by atoms with Crippen LogP contribution in [-0.2, 0) is 0 Å². The van der Waals surface area contributed by atoms with Crippen LogP contribution in [0.15, 0.2) is 30.3 Å². The van der Waals surface area contributed by atoms with E-state index < -0.39 is 0 Å². The average Bonchev–Trinajstić information content (AvgIpc) is 2.43. The van der Waals surface area contributed by atoms with Gasteiger partial charge in [0.15, 0.2) is 0 Å². The van der Waals surface area contributed by atoms with Gasteiger partial charge in [0.1, 0.15) is 5.75 Å².